The van der Waals surface area contributed by atoms with E-state index in [9.17, 15) is 0 Å². The van der Waals surface area contributed by atoms with Crippen molar-refractivity contribution in [2.75, 3.05) is 20.1 Å². The Balaban J connectivity index is 1.73. The molecule has 2 saturated carbocycles. The fourth-order valence-corrected chi connectivity index (χ4v) is 4.27. The average Bonchev–Trinajstić information content (AvgIpc) is 2.96. The number of unbranched alkanes of at least 4 members (excludes halogenated alkanes) is 2. The number of hydrogen-bond donors (Lipinski definition) is 1. The number of nitrogens with zero attached hydrogens (tertiary/aromatic N) is 1. The molecule has 2 rings (SSSR count). The predicted octanol–water partition coefficient (Wildman–Crippen LogP) is 3.26. The summed E-state index contributed by atoms with van der Waals surface area (Å²) in [6, 6.07) is 0.621. The lowest BCUT2D eigenvalue weighted by atomic mass is 9.88. The van der Waals surface area contributed by atoms with E-state index >= 15 is 0 Å². The SMILES string of the molecule is CCCCCC(CN)N(C)CC1CC2CCC1C2. The fraction of sp³-hybridized carbons (Fsp3) is 1.00. The van der Waals surface area contributed by atoms with Gasteiger partial charge >= 0.3 is 0 Å². The third kappa shape index (κ3) is 3.48. The van der Waals surface area contributed by atoms with Crippen LogP contribution in [0.15, 0.2) is 0 Å². The van der Waals surface area contributed by atoms with Crippen molar-refractivity contribution in [3.8, 4) is 0 Å². The minimum absolute atomic E-state index is 0.621. The van der Waals surface area contributed by atoms with E-state index in [0.29, 0.717) is 6.04 Å². The number of nitrogens with two attached hydrogens (primary N) is 1. The second-order valence-electron chi connectivity index (χ2n) is 6.76. The van der Waals surface area contributed by atoms with Crippen LogP contribution >= 0.6 is 0 Å². The topological polar surface area (TPSA) is 29.3 Å². The van der Waals surface area contributed by atoms with E-state index in [1.165, 1.54) is 57.9 Å². The molecule has 2 aliphatic carbocycles. The Bertz CT molecular complexity index is 241. The lowest BCUT2D eigenvalue weighted by molar-refractivity contribution is 0.167. The van der Waals surface area contributed by atoms with Crippen LogP contribution in [0.4, 0.5) is 0 Å². The van der Waals surface area contributed by atoms with Crippen LogP contribution in [-0.4, -0.2) is 31.1 Å². The molecule has 2 fully saturated rings. The molecule has 2 nitrogen and oxygen atoms in total. The summed E-state index contributed by atoms with van der Waals surface area (Å²) in [5.41, 5.74) is 5.96. The van der Waals surface area contributed by atoms with Gasteiger partial charge in [0.25, 0.3) is 0 Å². The van der Waals surface area contributed by atoms with Gasteiger partial charge in [-0.15, -0.1) is 0 Å². The maximum absolute atomic E-state index is 5.96. The van der Waals surface area contributed by atoms with E-state index in [1.807, 2.05) is 0 Å². The highest BCUT2D eigenvalue weighted by atomic mass is 15.1. The van der Waals surface area contributed by atoms with Crippen LogP contribution in [0.3, 0.4) is 0 Å². The van der Waals surface area contributed by atoms with Gasteiger partial charge in [-0.05, 0) is 50.5 Å². The van der Waals surface area contributed by atoms with Crippen molar-refractivity contribution in [2.45, 2.75) is 64.3 Å². The van der Waals surface area contributed by atoms with Gasteiger partial charge in [-0.3, -0.25) is 0 Å². The lowest BCUT2D eigenvalue weighted by Crippen LogP contribution is -2.41. The van der Waals surface area contributed by atoms with Gasteiger partial charge in [-0.2, -0.15) is 0 Å². The Morgan fingerprint density at radius 1 is 1.22 bits per heavy atom. The number of rotatable bonds is 8. The molecule has 0 heterocycles. The summed E-state index contributed by atoms with van der Waals surface area (Å²) in [5.74, 6) is 3.10. The van der Waals surface area contributed by atoms with E-state index in [1.54, 1.807) is 0 Å². The van der Waals surface area contributed by atoms with Gasteiger partial charge in [0.15, 0.2) is 0 Å². The minimum atomic E-state index is 0.621. The van der Waals surface area contributed by atoms with E-state index in [4.69, 9.17) is 5.73 Å². The molecule has 4 unspecified atom stereocenters. The smallest absolute Gasteiger partial charge is 0.0215 e. The van der Waals surface area contributed by atoms with E-state index < -0.39 is 0 Å². The van der Waals surface area contributed by atoms with Gasteiger partial charge in [0.05, 0.1) is 0 Å². The van der Waals surface area contributed by atoms with Crippen molar-refractivity contribution in [1.29, 1.82) is 0 Å². The zero-order valence-electron chi connectivity index (χ0n) is 12.4. The van der Waals surface area contributed by atoms with Gasteiger partial charge in [0.2, 0.25) is 0 Å². The van der Waals surface area contributed by atoms with Crippen molar-refractivity contribution in [1.82, 2.24) is 4.90 Å². The maximum Gasteiger partial charge on any atom is 0.0215 e. The summed E-state index contributed by atoms with van der Waals surface area (Å²) in [6.45, 7) is 4.41. The van der Waals surface area contributed by atoms with E-state index in [-0.39, 0.29) is 0 Å². The summed E-state index contributed by atoms with van der Waals surface area (Å²) in [7, 11) is 2.30. The molecule has 106 valence electrons. The first-order chi connectivity index (χ1) is 8.74. The molecule has 2 bridgehead atoms. The molecule has 0 spiro atoms. The number of hydrogen-bond acceptors (Lipinski definition) is 2. The summed E-state index contributed by atoms with van der Waals surface area (Å²) in [4.78, 5) is 2.57. The number of fused-ring (bicyclic) bond motifs is 2. The molecule has 2 heteroatoms. The Kier molecular flexibility index (Phi) is 5.50. The lowest BCUT2D eigenvalue weighted by Gasteiger charge is -2.32. The first kappa shape index (κ1) is 14.3. The second-order valence-corrected chi connectivity index (χ2v) is 6.76. The molecule has 0 aliphatic heterocycles. The summed E-state index contributed by atoms with van der Waals surface area (Å²) >= 11 is 0. The molecule has 0 aromatic heterocycles. The minimum Gasteiger partial charge on any atom is -0.329 e. The van der Waals surface area contributed by atoms with Crippen LogP contribution in [0.5, 0.6) is 0 Å². The highest BCUT2D eigenvalue weighted by Gasteiger charge is 2.39. The monoisotopic (exact) mass is 252 g/mol. The van der Waals surface area contributed by atoms with Crippen LogP contribution in [0.25, 0.3) is 0 Å². The van der Waals surface area contributed by atoms with Crippen molar-refractivity contribution in [3.05, 3.63) is 0 Å². The van der Waals surface area contributed by atoms with Crippen LogP contribution in [0.1, 0.15) is 58.3 Å². The largest absolute Gasteiger partial charge is 0.329 e. The molecule has 0 saturated heterocycles. The molecule has 18 heavy (non-hydrogen) atoms. The molecule has 0 radical (unpaired) electrons. The van der Waals surface area contributed by atoms with Crippen molar-refractivity contribution < 1.29 is 0 Å². The van der Waals surface area contributed by atoms with Crippen molar-refractivity contribution in [3.63, 3.8) is 0 Å². The van der Waals surface area contributed by atoms with Crippen LogP contribution < -0.4 is 5.73 Å². The fourth-order valence-electron chi connectivity index (χ4n) is 4.27. The Labute approximate surface area is 113 Å². The highest BCUT2D eigenvalue weighted by Crippen LogP contribution is 2.48. The van der Waals surface area contributed by atoms with E-state index in [0.717, 1.165) is 24.3 Å². The average molecular weight is 252 g/mol. The predicted molar refractivity (Wildman–Crippen MR) is 78.6 cm³/mol. The Hall–Kier alpha value is -0.0800. The molecule has 0 aromatic rings. The standard InChI is InChI=1S/C16H32N2/c1-3-4-5-6-16(11-17)18(2)12-15-10-13-7-8-14(15)9-13/h13-16H,3-12,17H2,1-2H3. The molecule has 4 atom stereocenters. The summed E-state index contributed by atoms with van der Waals surface area (Å²) in [6.07, 6.45) is 11.4. The van der Waals surface area contributed by atoms with Crippen LogP contribution in [-0.2, 0) is 0 Å². The van der Waals surface area contributed by atoms with Crippen LogP contribution in [0, 0.1) is 17.8 Å². The van der Waals surface area contributed by atoms with Crippen molar-refractivity contribution in [2.24, 2.45) is 23.5 Å². The summed E-state index contributed by atoms with van der Waals surface area (Å²) in [5, 5.41) is 0. The second kappa shape index (κ2) is 6.91. The normalized spacial score (nSPS) is 32.3. The molecular weight excluding hydrogens is 220 g/mol. The third-order valence-corrected chi connectivity index (χ3v) is 5.44. The maximum atomic E-state index is 5.96. The van der Waals surface area contributed by atoms with Gasteiger partial charge in [0, 0.05) is 19.1 Å². The van der Waals surface area contributed by atoms with Crippen LogP contribution in [0.2, 0.25) is 0 Å². The number of likely N-dealkylation sites (N-methyl/N-ethyl adjacent to an activating group) is 1. The molecular formula is C16H32N2. The third-order valence-electron chi connectivity index (χ3n) is 5.44. The molecule has 2 N–H and O–H groups in total. The van der Waals surface area contributed by atoms with Gasteiger partial charge < -0.3 is 10.6 Å². The molecule has 0 aromatic carbocycles. The quantitative estimate of drug-likeness (QED) is 0.672. The van der Waals surface area contributed by atoms with Gasteiger partial charge in [0.1, 0.15) is 0 Å². The first-order valence-corrected chi connectivity index (χ1v) is 8.14. The van der Waals surface area contributed by atoms with E-state index in [2.05, 4.69) is 18.9 Å². The van der Waals surface area contributed by atoms with Crippen molar-refractivity contribution >= 4 is 0 Å². The Morgan fingerprint density at radius 3 is 2.61 bits per heavy atom. The van der Waals surface area contributed by atoms with Gasteiger partial charge in [-0.25, -0.2) is 0 Å². The molecule has 0 amide bonds. The summed E-state index contributed by atoms with van der Waals surface area (Å²) < 4.78 is 0. The Morgan fingerprint density at radius 2 is 2.06 bits per heavy atom. The zero-order valence-corrected chi connectivity index (χ0v) is 12.4. The first-order valence-electron chi connectivity index (χ1n) is 8.14. The van der Waals surface area contributed by atoms with Gasteiger partial charge in [-0.1, -0.05) is 32.6 Å². The zero-order chi connectivity index (χ0) is 13.0. The highest BCUT2D eigenvalue weighted by molar-refractivity contribution is 4.91. The molecule has 2 aliphatic rings.